The van der Waals surface area contributed by atoms with Gasteiger partial charge in [-0.05, 0) is 18.6 Å². The molecule has 0 saturated heterocycles. The van der Waals surface area contributed by atoms with E-state index in [1.165, 1.54) is 0 Å². The van der Waals surface area contributed by atoms with Crippen LogP contribution in [-0.2, 0) is 6.42 Å². The molecule has 0 saturated carbocycles. The van der Waals surface area contributed by atoms with Gasteiger partial charge in [0.25, 0.3) is 0 Å². The molecule has 0 radical (unpaired) electrons. The van der Waals surface area contributed by atoms with Crippen molar-refractivity contribution in [2.75, 3.05) is 0 Å². The standard InChI is InChI=1S/C15H18N2O/c1-3-6-15-16-9-10-17(15)13-8-5-7-12(11-13)14(18)4-2/h5,7-11H,3-4,6H2,1-2H3. The smallest absolute Gasteiger partial charge is 0.162 e. The normalized spacial score (nSPS) is 10.6. The summed E-state index contributed by atoms with van der Waals surface area (Å²) >= 11 is 0. The average Bonchev–Trinajstić information content (AvgIpc) is 2.87. The molecule has 0 aliphatic rings. The van der Waals surface area contributed by atoms with Gasteiger partial charge in [0.2, 0.25) is 0 Å². The molecule has 0 bridgehead atoms. The maximum atomic E-state index is 11.7. The molecule has 0 spiro atoms. The molecule has 18 heavy (non-hydrogen) atoms. The fourth-order valence-corrected chi connectivity index (χ4v) is 2.01. The predicted molar refractivity (Wildman–Crippen MR) is 72.2 cm³/mol. The van der Waals surface area contributed by atoms with Crippen LogP contribution in [0.4, 0.5) is 0 Å². The molecule has 0 aliphatic carbocycles. The first-order chi connectivity index (χ1) is 8.76. The lowest BCUT2D eigenvalue weighted by Crippen LogP contribution is -2.03. The lowest BCUT2D eigenvalue weighted by atomic mass is 10.1. The first-order valence-electron chi connectivity index (χ1n) is 6.42. The van der Waals surface area contributed by atoms with Crippen LogP contribution in [0.2, 0.25) is 0 Å². The number of rotatable bonds is 5. The van der Waals surface area contributed by atoms with Gasteiger partial charge in [-0.25, -0.2) is 4.98 Å². The highest BCUT2D eigenvalue weighted by molar-refractivity contribution is 5.96. The van der Waals surface area contributed by atoms with Crippen molar-refractivity contribution in [1.29, 1.82) is 0 Å². The number of aromatic nitrogens is 2. The zero-order valence-corrected chi connectivity index (χ0v) is 10.9. The molecule has 1 heterocycles. The van der Waals surface area contributed by atoms with Crippen LogP contribution in [0.1, 0.15) is 42.9 Å². The summed E-state index contributed by atoms with van der Waals surface area (Å²) in [5, 5.41) is 0. The van der Waals surface area contributed by atoms with E-state index in [2.05, 4.69) is 16.5 Å². The Kier molecular flexibility index (Phi) is 3.92. The zero-order valence-electron chi connectivity index (χ0n) is 10.9. The van der Waals surface area contributed by atoms with Crippen LogP contribution in [0, 0.1) is 0 Å². The van der Waals surface area contributed by atoms with E-state index in [-0.39, 0.29) is 5.78 Å². The Balaban J connectivity index is 2.38. The van der Waals surface area contributed by atoms with Crippen molar-refractivity contribution in [3.05, 3.63) is 48.0 Å². The van der Waals surface area contributed by atoms with E-state index in [4.69, 9.17) is 0 Å². The fraction of sp³-hybridized carbons (Fsp3) is 0.333. The van der Waals surface area contributed by atoms with Crippen molar-refractivity contribution in [1.82, 2.24) is 9.55 Å². The van der Waals surface area contributed by atoms with Gasteiger partial charge in [-0.3, -0.25) is 4.79 Å². The number of hydrogen-bond donors (Lipinski definition) is 0. The summed E-state index contributed by atoms with van der Waals surface area (Å²) < 4.78 is 2.05. The third-order valence-corrected chi connectivity index (χ3v) is 2.96. The average molecular weight is 242 g/mol. The van der Waals surface area contributed by atoms with E-state index in [0.29, 0.717) is 6.42 Å². The van der Waals surface area contributed by atoms with Crippen LogP contribution in [0.25, 0.3) is 5.69 Å². The highest BCUT2D eigenvalue weighted by Crippen LogP contribution is 2.15. The number of carbonyl (C=O) groups is 1. The Morgan fingerprint density at radius 3 is 2.89 bits per heavy atom. The van der Waals surface area contributed by atoms with Gasteiger partial charge in [0.15, 0.2) is 5.78 Å². The fourth-order valence-electron chi connectivity index (χ4n) is 2.01. The van der Waals surface area contributed by atoms with Gasteiger partial charge in [0.05, 0.1) is 0 Å². The van der Waals surface area contributed by atoms with Crippen LogP contribution < -0.4 is 0 Å². The highest BCUT2D eigenvalue weighted by atomic mass is 16.1. The lowest BCUT2D eigenvalue weighted by molar-refractivity contribution is 0.0988. The third-order valence-electron chi connectivity index (χ3n) is 2.96. The number of benzene rings is 1. The molecule has 94 valence electrons. The van der Waals surface area contributed by atoms with Gasteiger partial charge in [-0.1, -0.05) is 26.0 Å². The van der Waals surface area contributed by atoms with E-state index in [9.17, 15) is 4.79 Å². The number of ketones is 1. The SMILES string of the molecule is CCCc1nccn1-c1cccc(C(=O)CC)c1. The second-order valence-corrected chi connectivity index (χ2v) is 4.29. The molecule has 0 unspecified atom stereocenters. The van der Waals surface area contributed by atoms with E-state index in [0.717, 1.165) is 29.9 Å². The molecule has 3 nitrogen and oxygen atoms in total. The Hall–Kier alpha value is -1.90. The first-order valence-corrected chi connectivity index (χ1v) is 6.42. The lowest BCUT2D eigenvalue weighted by Gasteiger charge is -2.08. The number of imidazole rings is 1. The summed E-state index contributed by atoms with van der Waals surface area (Å²) in [7, 11) is 0. The molecule has 0 aliphatic heterocycles. The minimum atomic E-state index is 0.175. The summed E-state index contributed by atoms with van der Waals surface area (Å²) in [6.45, 7) is 4.02. The van der Waals surface area contributed by atoms with E-state index >= 15 is 0 Å². The molecular weight excluding hydrogens is 224 g/mol. The molecule has 0 N–H and O–H groups in total. The second-order valence-electron chi connectivity index (χ2n) is 4.29. The number of aryl methyl sites for hydroxylation is 1. The minimum absolute atomic E-state index is 0.175. The maximum Gasteiger partial charge on any atom is 0.162 e. The zero-order chi connectivity index (χ0) is 13.0. The van der Waals surface area contributed by atoms with Crippen LogP contribution >= 0.6 is 0 Å². The Bertz CT molecular complexity index is 543. The van der Waals surface area contributed by atoms with Crippen molar-refractivity contribution in [2.24, 2.45) is 0 Å². The number of carbonyl (C=O) groups excluding carboxylic acids is 1. The third kappa shape index (κ3) is 2.50. The van der Waals surface area contributed by atoms with Crippen molar-refractivity contribution >= 4 is 5.78 Å². The highest BCUT2D eigenvalue weighted by Gasteiger charge is 2.07. The summed E-state index contributed by atoms with van der Waals surface area (Å²) in [6.07, 6.45) is 6.29. The molecule has 0 atom stereocenters. The van der Waals surface area contributed by atoms with Crippen molar-refractivity contribution in [3.8, 4) is 5.69 Å². The van der Waals surface area contributed by atoms with Gasteiger partial charge < -0.3 is 4.57 Å². The van der Waals surface area contributed by atoms with Crippen LogP contribution in [0.3, 0.4) is 0 Å². The molecule has 0 amide bonds. The van der Waals surface area contributed by atoms with Crippen LogP contribution in [0.5, 0.6) is 0 Å². The topological polar surface area (TPSA) is 34.9 Å². The van der Waals surface area contributed by atoms with Crippen LogP contribution in [-0.4, -0.2) is 15.3 Å². The molecule has 3 heteroatoms. The van der Waals surface area contributed by atoms with E-state index in [1.807, 2.05) is 37.4 Å². The van der Waals surface area contributed by atoms with Gasteiger partial charge in [0, 0.05) is 36.5 Å². The van der Waals surface area contributed by atoms with E-state index < -0.39 is 0 Å². The predicted octanol–water partition coefficient (Wildman–Crippen LogP) is 3.42. The molecule has 2 rings (SSSR count). The number of hydrogen-bond acceptors (Lipinski definition) is 2. The van der Waals surface area contributed by atoms with Gasteiger partial charge in [0.1, 0.15) is 5.82 Å². The summed E-state index contributed by atoms with van der Waals surface area (Å²) in [5.41, 5.74) is 1.78. The minimum Gasteiger partial charge on any atom is -0.304 e. The second kappa shape index (κ2) is 5.63. The van der Waals surface area contributed by atoms with E-state index in [1.54, 1.807) is 6.20 Å². The van der Waals surface area contributed by atoms with Gasteiger partial charge in [-0.15, -0.1) is 0 Å². The van der Waals surface area contributed by atoms with Crippen LogP contribution in [0.15, 0.2) is 36.7 Å². The summed E-state index contributed by atoms with van der Waals surface area (Å²) in [4.78, 5) is 16.1. The first kappa shape index (κ1) is 12.6. The number of nitrogens with zero attached hydrogens (tertiary/aromatic N) is 2. The van der Waals surface area contributed by atoms with Crippen molar-refractivity contribution < 1.29 is 4.79 Å². The largest absolute Gasteiger partial charge is 0.304 e. The maximum absolute atomic E-state index is 11.7. The van der Waals surface area contributed by atoms with Gasteiger partial charge >= 0.3 is 0 Å². The monoisotopic (exact) mass is 242 g/mol. The quantitative estimate of drug-likeness (QED) is 0.753. The van der Waals surface area contributed by atoms with Crippen molar-refractivity contribution in [2.45, 2.75) is 33.1 Å². The van der Waals surface area contributed by atoms with Gasteiger partial charge in [-0.2, -0.15) is 0 Å². The molecule has 1 aromatic heterocycles. The summed E-state index contributed by atoms with van der Waals surface area (Å²) in [5.74, 6) is 1.22. The Labute approximate surface area is 107 Å². The molecule has 2 aromatic rings. The molecule has 0 fully saturated rings. The van der Waals surface area contributed by atoms with Crippen molar-refractivity contribution in [3.63, 3.8) is 0 Å². The Morgan fingerprint density at radius 2 is 2.17 bits per heavy atom. The Morgan fingerprint density at radius 1 is 1.33 bits per heavy atom. The molecule has 1 aromatic carbocycles. The number of Topliss-reactive ketones (excluding diaryl/α,β-unsaturated/α-hetero) is 1. The molecular formula is C15H18N2O. The summed E-state index contributed by atoms with van der Waals surface area (Å²) in [6, 6.07) is 7.74.